The number of carbonyl (C=O) groups is 1. The summed E-state index contributed by atoms with van der Waals surface area (Å²) in [7, 11) is 1.38. The Morgan fingerprint density at radius 1 is 1.27 bits per heavy atom. The van der Waals surface area contributed by atoms with Gasteiger partial charge in [-0.25, -0.2) is 0 Å². The highest BCUT2D eigenvalue weighted by Crippen LogP contribution is 2.35. The molecule has 0 bridgehead atoms. The van der Waals surface area contributed by atoms with E-state index in [-0.39, 0.29) is 6.61 Å². The maximum atomic E-state index is 12.0. The number of hydrogen-bond donors (Lipinski definition) is 2. The summed E-state index contributed by atoms with van der Waals surface area (Å²) in [6.07, 6.45) is -4.12. The van der Waals surface area contributed by atoms with Crippen molar-refractivity contribution >= 4 is 40.7 Å². The highest BCUT2D eigenvalue weighted by Gasteiger charge is 2.51. The molecule has 2 heterocycles. The smallest absolute Gasteiger partial charge is 0.272 e. The number of methoxy groups -OCH3 is 1. The molecule has 10 heteroatoms. The van der Waals surface area contributed by atoms with Crippen molar-refractivity contribution in [1.82, 2.24) is 5.32 Å². The fourth-order valence-electron chi connectivity index (χ4n) is 2.96. The molecule has 0 radical (unpaired) electrons. The molecule has 0 aliphatic carbocycles. The number of aliphatic hydroxyl groups excluding tert-OH is 1. The Morgan fingerprint density at radius 3 is 2.58 bits per heavy atom. The number of carbonyl (C=O) groups excluding carboxylic acids is 1. The summed E-state index contributed by atoms with van der Waals surface area (Å²) in [4.78, 5) is 12.0. The third-order valence-corrected chi connectivity index (χ3v) is 4.74. The lowest BCUT2D eigenvalue weighted by molar-refractivity contribution is -0.341. The quantitative estimate of drug-likeness (QED) is 0.716. The van der Waals surface area contributed by atoms with Crippen LogP contribution in [-0.4, -0.2) is 59.2 Å². The lowest BCUT2D eigenvalue weighted by Gasteiger charge is -2.47. The van der Waals surface area contributed by atoms with E-state index in [9.17, 15) is 9.90 Å². The van der Waals surface area contributed by atoms with Crippen molar-refractivity contribution in [1.29, 1.82) is 0 Å². The molecule has 3 rings (SSSR count). The first-order chi connectivity index (χ1) is 12.3. The Bertz CT molecular complexity index is 628. The van der Waals surface area contributed by atoms with Crippen LogP contribution in [-0.2, 0) is 23.7 Å². The zero-order valence-electron chi connectivity index (χ0n) is 13.7. The Labute approximate surface area is 165 Å². The number of benzene rings is 1. The van der Waals surface area contributed by atoms with Crippen LogP contribution < -0.4 is 5.32 Å². The number of nitrogens with one attached hydrogen (secondary N) is 1. The molecule has 1 aromatic carbocycles. The predicted molar refractivity (Wildman–Crippen MR) is 93.9 cm³/mol. The number of hydrogen-bond acceptors (Lipinski definition) is 6. The molecule has 2 aliphatic heterocycles. The van der Waals surface area contributed by atoms with Crippen molar-refractivity contribution in [3.8, 4) is 0 Å². The van der Waals surface area contributed by atoms with Gasteiger partial charge < -0.3 is 29.4 Å². The van der Waals surface area contributed by atoms with Gasteiger partial charge in [0.2, 0.25) is 0 Å². The molecule has 2 N–H and O–H groups in total. The second-order valence-electron chi connectivity index (χ2n) is 5.94. The average Bonchev–Trinajstić information content (AvgIpc) is 2.63. The van der Waals surface area contributed by atoms with E-state index in [0.29, 0.717) is 0 Å². The van der Waals surface area contributed by atoms with E-state index in [1.165, 1.54) is 7.11 Å². The Hall–Kier alpha value is -0.640. The highest BCUT2D eigenvalue weighted by molar-refractivity contribution is 6.76. The van der Waals surface area contributed by atoms with Crippen LogP contribution in [0, 0.1) is 0 Å². The van der Waals surface area contributed by atoms with Crippen LogP contribution in [0.2, 0.25) is 0 Å². The average molecular weight is 427 g/mol. The molecule has 0 saturated carbocycles. The van der Waals surface area contributed by atoms with Gasteiger partial charge >= 0.3 is 0 Å². The standard InChI is InChI=1S/C16H18Cl3NO6/c1-23-14-10(20-15(22)16(17,18)19)11(21)12-9(25-14)7-24-13(26-12)8-5-3-2-4-6-8/h2-6,9-14,21H,7H2,1H3,(H,20,22)/t9-,10-,11-,12-,13?,14-/m1/s1. The third-order valence-electron chi connectivity index (χ3n) is 4.22. The van der Waals surface area contributed by atoms with Crippen LogP contribution in [0.3, 0.4) is 0 Å². The molecule has 1 aromatic rings. The molecule has 7 nitrogen and oxygen atoms in total. The van der Waals surface area contributed by atoms with Crippen LogP contribution in [0.4, 0.5) is 0 Å². The van der Waals surface area contributed by atoms with Crippen molar-refractivity contribution in [2.45, 2.75) is 40.7 Å². The lowest BCUT2D eigenvalue weighted by Crippen LogP contribution is -2.67. The minimum atomic E-state index is -2.18. The molecule has 6 atom stereocenters. The summed E-state index contributed by atoms with van der Waals surface area (Å²) in [5.41, 5.74) is 0.800. The van der Waals surface area contributed by atoms with Gasteiger partial charge in [0.1, 0.15) is 24.4 Å². The summed E-state index contributed by atoms with van der Waals surface area (Å²) in [6.45, 7) is 0.187. The molecule has 2 saturated heterocycles. The normalized spacial score (nSPS) is 34.8. The number of alkyl halides is 3. The molecule has 2 aliphatic rings. The molecule has 2 fully saturated rings. The number of halogens is 3. The fraction of sp³-hybridized carbons (Fsp3) is 0.562. The van der Waals surface area contributed by atoms with Crippen LogP contribution in [0.5, 0.6) is 0 Å². The predicted octanol–water partition coefficient (Wildman–Crippen LogP) is 1.69. The van der Waals surface area contributed by atoms with Gasteiger partial charge in [-0.2, -0.15) is 0 Å². The van der Waals surface area contributed by atoms with Gasteiger partial charge in [0, 0.05) is 12.7 Å². The molecule has 0 aromatic heterocycles. The maximum absolute atomic E-state index is 12.0. The largest absolute Gasteiger partial charge is 0.388 e. The summed E-state index contributed by atoms with van der Waals surface area (Å²) < 4.78 is 20.3. The van der Waals surface area contributed by atoms with Gasteiger partial charge in [0.15, 0.2) is 12.6 Å². The topological polar surface area (TPSA) is 86.2 Å². The van der Waals surface area contributed by atoms with E-state index in [2.05, 4.69) is 5.32 Å². The minimum Gasteiger partial charge on any atom is -0.388 e. The molecule has 1 unspecified atom stereocenters. The summed E-state index contributed by atoms with van der Waals surface area (Å²) >= 11 is 16.8. The Kier molecular flexibility index (Phi) is 6.31. The molecular formula is C16H18Cl3NO6. The zero-order valence-corrected chi connectivity index (χ0v) is 15.9. The Morgan fingerprint density at radius 2 is 1.96 bits per heavy atom. The summed E-state index contributed by atoms with van der Waals surface area (Å²) in [5, 5.41) is 13.2. The van der Waals surface area contributed by atoms with Crippen LogP contribution >= 0.6 is 34.8 Å². The van der Waals surface area contributed by atoms with E-state index in [0.717, 1.165) is 5.56 Å². The molecule has 144 valence electrons. The second kappa shape index (κ2) is 8.16. The molecule has 26 heavy (non-hydrogen) atoms. The van der Waals surface area contributed by atoms with Crippen molar-refractivity contribution in [3.05, 3.63) is 35.9 Å². The maximum Gasteiger partial charge on any atom is 0.272 e. The highest BCUT2D eigenvalue weighted by atomic mass is 35.6. The first-order valence-electron chi connectivity index (χ1n) is 7.87. The second-order valence-corrected chi connectivity index (χ2v) is 8.22. The van der Waals surface area contributed by atoms with Crippen LogP contribution in [0.15, 0.2) is 30.3 Å². The fourth-order valence-corrected chi connectivity index (χ4v) is 3.12. The number of amides is 1. The van der Waals surface area contributed by atoms with Gasteiger partial charge in [0.05, 0.1) is 6.61 Å². The number of fused-ring (bicyclic) bond motifs is 1. The van der Waals surface area contributed by atoms with E-state index < -0.39 is 46.6 Å². The van der Waals surface area contributed by atoms with Crippen LogP contribution in [0.1, 0.15) is 11.9 Å². The summed E-state index contributed by atoms with van der Waals surface area (Å²) in [6, 6.07) is 8.29. The van der Waals surface area contributed by atoms with Crippen molar-refractivity contribution in [2.24, 2.45) is 0 Å². The SMILES string of the molecule is CO[C@@H]1O[C@@H]2COC(c3ccccc3)O[C@H]2[C@H](O)[C@H]1NC(=O)C(Cl)(Cl)Cl. The molecule has 1 amide bonds. The van der Waals surface area contributed by atoms with Crippen LogP contribution in [0.25, 0.3) is 0 Å². The zero-order chi connectivity index (χ0) is 18.9. The van der Waals surface area contributed by atoms with Crippen molar-refractivity contribution < 1.29 is 28.8 Å². The van der Waals surface area contributed by atoms with Crippen molar-refractivity contribution in [2.75, 3.05) is 13.7 Å². The van der Waals surface area contributed by atoms with Crippen molar-refractivity contribution in [3.63, 3.8) is 0 Å². The monoisotopic (exact) mass is 425 g/mol. The van der Waals surface area contributed by atoms with E-state index in [1.54, 1.807) is 0 Å². The summed E-state index contributed by atoms with van der Waals surface area (Å²) in [5.74, 6) is -0.901. The van der Waals surface area contributed by atoms with Gasteiger partial charge in [-0.05, 0) is 0 Å². The minimum absolute atomic E-state index is 0.187. The first-order valence-corrected chi connectivity index (χ1v) is 9.00. The van der Waals surface area contributed by atoms with Gasteiger partial charge in [-0.1, -0.05) is 65.1 Å². The van der Waals surface area contributed by atoms with Gasteiger partial charge in [-0.15, -0.1) is 0 Å². The number of aliphatic hydroxyl groups is 1. The Balaban J connectivity index is 1.76. The van der Waals surface area contributed by atoms with E-state index in [4.69, 9.17) is 53.8 Å². The molecule has 0 spiro atoms. The van der Waals surface area contributed by atoms with Gasteiger partial charge in [0.25, 0.3) is 9.70 Å². The number of rotatable bonds is 3. The number of ether oxygens (including phenoxy) is 4. The molecular weight excluding hydrogens is 409 g/mol. The first kappa shape index (κ1) is 20.1. The third kappa shape index (κ3) is 4.26. The van der Waals surface area contributed by atoms with E-state index >= 15 is 0 Å². The lowest BCUT2D eigenvalue weighted by atomic mass is 9.95. The van der Waals surface area contributed by atoms with Gasteiger partial charge in [-0.3, -0.25) is 4.79 Å². The van der Waals surface area contributed by atoms with E-state index in [1.807, 2.05) is 30.3 Å².